The molecule has 0 fully saturated rings. The number of rotatable bonds is 6. The summed E-state index contributed by atoms with van der Waals surface area (Å²) in [6.07, 6.45) is 0. The van der Waals surface area contributed by atoms with E-state index in [1.54, 1.807) is 19.2 Å². The van der Waals surface area contributed by atoms with Crippen molar-refractivity contribution in [1.82, 2.24) is 10.0 Å². The van der Waals surface area contributed by atoms with Gasteiger partial charge in [0.05, 0.1) is 12.0 Å². The normalized spacial score (nSPS) is 12.6. The van der Waals surface area contributed by atoms with Crippen molar-refractivity contribution in [2.24, 2.45) is 0 Å². The fourth-order valence-electron chi connectivity index (χ4n) is 1.23. The van der Waals surface area contributed by atoms with Gasteiger partial charge < -0.3 is 10.1 Å². The van der Waals surface area contributed by atoms with Crippen molar-refractivity contribution in [3.05, 3.63) is 22.7 Å². The van der Waals surface area contributed by atoms with Crippen LogP contribution in [0.5, 0.6) is 5.75 Å². The van der Waals surface area contributed by atoms with Crippen molar-refractivity contribution in [2.75, 3.05) is 20.7 Å². The van der Waals surface area contributed by atoms with Crippen LogP contribution in [0.25, 0.3) is 0 Å². The van der Waals surface area contributed by atoms with E-state index >= 15 is 0 Å². The zero-order valence-corrected chi connectivity index (χ0v) is 14.2. The summed E-state index contributed by atoms with van der Waals surface area (Å²) < 4.78 is 32.3. The van der Waals surface area contributed by atoms with E-state index in [4.69, 9.17) is 4.74 Å². The molecule has 0 saturated heterocycles. The van der Waals surface area contributed by atoms with Crippen LogP contribution < -0.4 is 14.8 Å². The highest BCUT2D eigenvalue weighted by Crippen LogP contribution is 2.26. The maximum Gasteiger partial charge on any atom is 0.241 e. The highest BCUT2D eigenvalue weighted by Gasteiger charge is 2.18. The Morgan fingerprint density at radius 2 is 2.05 bits per heavy atom. The predicted molar refractivity (Wildman–Crippen MR) is 81.7 cm³/mol. The van der Waals surface area contributed by atoms with Crippen LogP contribution in [-0.2, 0) is 10.0 Å². The Labute approximate surface area is 128 Å². The van der Waals surface area contributed by atoms with Crippen molar-refractivity contribution in [1.29, 1.82) is 0 Å². The second kappa shape index (κ2) is 8.06. The lowest BCUT2D eigenvalue weighted by Gasteiger charge is -2.13. The molecular weight excluding hydrogens is 356 g/mol. The molecule has 0 spiro atoms. The van der Waals surface area contributed by atoms with Crippen LogP contribution in [-0.4, -0.2) is 35.2 Å². The summed E-state index contributed by atoms with van der Waals surface area (Å²) in [6, 6.07) is 4.88. The van der Waals surface area contributed by atoms with Crippen LogP contribution in [0.2, 0.25) is 0 Å². The van der Waals surface area contributed by atoms with E-state index in [9.17, 15) is 8.42 Å². The minimum Gasteiger partial charge on any atom is -0.497 e. The molecule has 19 heavy (non-hydrogen) atoms. The van der Waals surface area contributed by atoms with E-state index in [1.807, 2.05) is 6.92 Å². The topological polar surface area (TPSA) is 67.4 Å². The van der Waals surface area contributed by atoms with E-state index in [1.165, 1.54) is 13.2 Å². The van der Waals surface area contributed by atoms with Gasteiger partial charge in [0.15, 0.2) is 0 Å². The molecule has 0 saturated carbocycles. The molecule has 0 bridgehead atoms. The second-order valence-electron chi connectivity index (χ2n) is 3.84. The molecule has 110 valence electrons. The first-order valence-corrected chi connectivity index (χ1v) is 7.68. The first-order chi connectivity index (χ1) is 8.40. The van der Waals surface area contributed by atoms with Gasteiger partial charge in [0.2, 0.25) is 10.0 Å². The van der Waals surface area contributed by atoms with E-state index in [2.05, 4.69) is 26.0 Å². The molecule has 1 rings (SSSR count). The Hall–Kier alpha value is -0.340. The van der Waals surface area contributed by atoms with Gasteiger partial charge in [-0.15, -0.1) is 12.4 Å². The maximum atomic E-state index is 12.1. The Kier molecular flexibility index (Phi) is 7.92. The van der Waals surface area contributed by atoms with E-state index < -0.39 is 10.0 Å². The standard InChI is InChI=1S/C11H17BrN2O3S.ClH/c1-8(13-2)7-14-18(15,16)11-6-9(17-3)4-5-10(11)12;/h4-6,8,13-14H,7H2,1-3H3;1H. The Bertz CT molecular complexity index is 511. The molecule has 0 aliphatic heterocycles. The summed E-state index contributed by atoms with van der Waals surface area (Å²) in [5, 5.41) is 2.96. The van der Waals surface area contributed by atoms with Crippen LogP contribution in [0.4, 0.5) is 0 Å². The number of halogens is 2. The average molecular weight is 374 g/mol. The van der Waals surface area contributed by atoms with Gasteiger partial charge >= 0.3 is 0 Å². The van der Waals surface area contributed by atoms with Gasteiger partial charge in [-0.3, -0.25) is 0 Å². The van der Waals surface area contributed by atoms with Crippen LogP contribution in [0.15, 0.2) is 27.6 Å². The molecule has 0 aromatic heterocycles. The van der Waals surface area contributed by atoms with Gasteiger partial charge in [-0.1, -0.05) is 0 Å². The SMILES string of the molecule is CNC(C)CNS(=O)(=O)c1cc(OC)ccc1Br.Cl. The summed E-state index contributed by atoms with van der Waals surface area (Å²) in [4.78, 5) is 0.171. The lowest BCUT2D eigenvalue weighted by Crippen LogP contribution is -2.37. The molecule has 1 aromatic carbocycles. The summed E-state index contributed by atoms with van der Waals surface area (Å²) in [5.41, 5.74) is 0. The van der Waals surface area contributed by atoms with Crippen molar-refractivity contribution < 1.29 is 13.2 Å². The number of methoxy groups -OCH3 is 1. The number of ether oxygens (including phenoxy) is 1. The average Bonchev–Trinajstić information content (AvgIpc) is 2.36. The van der Waals surface area contributed by atoms with E-state index in [-0.39, 0.29) is 23.3 Å². The molecule has 0 aliphatic carbocycles. The maximum absolute atomic E-state index is 12.1. The molecule has 1 aromatic rings. The molecule has 0 radical (unpaired) electrons. The van der Waals surface area contributed by atoms with Crippen molar-refractivity contribution >= 4 is 38.4 Å². The van der Waals surface area contributed by atoms with Gasteiger partial charge in [-0.25, -0.2) is 13.1 Å². The van der Waals surface area contributed by atoms with E-state index in [0.717, 1.165) is 0 Å². The van der Waals surface area contributed by atoms with Gasteiger partial charge in [-0.05, 0) is 42.0 Å². The molecule has 8 heteroatoms. The summed E-state index contributed by atoms with van der Waals surface area (Å²) in [5.74, 6) is 0.500. The summed E-state index contributed by atoms with van der Waals surface area (Å²) in [7, 11) is -0.271. The third-order valence-electron chi connectivity index (χ3n) is 2.50. The fraction of sp³-hybridized carbons (Fsp3) is 0.455. The van der Waals surface area contributed by atoms with Crippen molar-refractivity contribution in [3.63, 3.8) is 0 Å². The largest absolute Gasteiger partial charge is 0.497 e. The number of sulfonamides is 1. The lowest BCUT2D eigenvalue weighted by molar-refractivity contribution is 0.413. The van der Waals surface area contributed by atoms with Crippen LogP contribution in [0.1, 0.15) is 6.92 Å². The number of hydrogen-bond donors (Lipinski definition) is 2. The molecule has 1 unspecified atom stereocenters. The van der Waals surface area contributed by atoms with Crippen LogP contribution in [0.3, 0.4) is 0 Å². The Morgan fingerprint density at radius 1 is 1.42 bits per heavy atom. The summed E-state index contributed by atoms with van der Waals surface area (Å²) in [6.45, 7) is 2.21. The first kappa shape index (κ1) is 18.7. The second-order valence-corrected chi connectivity index (χ2v) is 6.43. The number of nitrogens with one attached hydrogen (secondary N) is 2. The minimum absolute atomic E-state index is 0. The van der Waals surface area contributed by atoms with Crippen molar-refractivity contribution in [2.45, 2.75) is 17.9 Å². The summed E-state index contributed by atoms with van der Waals surface area (Å²) >= 11 is 3.23. The lowest BCUT2D eigenvalue weighted by atomic mass is 10.3. The fourth-order valence-corrected chi connectivity index (χ4v) is 3.34. The minimum atomic E-state index is -3.55. The molecule has 0 aliphatic rings. The van der Waals surface area contributed by atoms with Gasteiger partial charge in [0.1, 0.15) is 5.75 Å². The van der Waals surface area contributed by atoms with Gasteiger partial charge in [0.25, 0.3) is 0 Å². The van der Waals surface area contributed by atoms with Crippen LogP contribution in [0, 0.1) is 0 Å². The number of benzene rings is 1. The molecule has 2 N–H and O–H groups in total. The van der Waals surface area contributed by atoms with Crippen molar-refractivity contribution in [3.8, 4) is 5.75 Å². The third kappa shape index (κ3) is 5.27. The highest BCUT2D eigenvalue weighted by molar-refractivity contribution is 9.10. The smallest absolute Gasteiger partial charge is 0.241 e. The highest BCUT2D eigenvalue weighted by atomic mass is 79.9. The molecule has 0 amide bonds. The first-order valence-electron chi connectivity index (χ1n) is 5.41. The molecule has 0 heterocycles. The van der Waals surface area contributed by atoms with E-state index in [0.29, 0.717) is 16.8 Å². The molecule has 5 nitrogen and oxygen atoms in total. The molecular formula is C11H18BrClN2O3S. The zero-order chi connectivity index (χ0) is 13.8. The predicted octanol–water partition coefficient (Wildman–Crippen LogP) is 1.77. The number of hydrogen-bond acceptors (Lipinski definition) is 4. The third-order valence-corrected chi connectivity index (χ3v) is 4.92. The zero-order valence-electron chi connectivity index (χ0n) is 10.9. The Balaban J connectivity index is 0.00000324. The monoisotopic (exact) mass is 372 g/mol. The van der Waals surface area contributed by atoms with Crippen LogP contribution >= 0.6 is 28.3 Å². The van der Waals surface area contributed by atoms with Gasteiger partial charge in [0, 0.05) is 23.1 Å². The van der Waals surface area contributed by atoms with Gasteiger partial charge in [-0.2, -0.15) is 0 Å². The quantitative estimate of drug-likeness (QED) is 0.797. The number of likely N-dealkylation sites (N-methyl/N-ethyl adjacent to an activating group) is 1. The Morgan fingerprint density at radius 3 is 2.58 bits per heavy atom. The molecule has 1 atom stereocenters.